The number of urea groups is 1. The fraction of sp³-hybridized carbons (Fsp3) is 0.458. The lowest BCUT2D eigenvalue weighted by Gasteiger charge is -2.34. The first-order valence-corrected chi connectivity index (χ1v) is 10.7. The first-order chi connectivity index (χ1) is 14.5. The number of likely N-dealkylation sites (N-methyl/N-ethyl adjacent to an activating group) is 1. The molecule has 2 aromatic carbocycles. The lowest BCUT2D eigenvalue weighted by molar-refractivity contribution is 0.163. The van der Waals surface area contributed by atoms with Crippen LogP contribution in [0.2, 0.25) is 0 Å². The molecule has 0 spiro atoms. The van der Waals surface area contributed by atoms with Crippen molar-refractivity contribution in [3.8, 4) is 0 Å². The number of likely N-dealkylation sites (tertiary alicyclic amines) is 1. The van der Waals surface area contributed by atoms with Crippen LogP contribution in [0.4, 0.5) is 9.18 Å². The summed E-state index contributed by atoms with van der Waals surface area (Å²) < 4.78 is 14.1. The Labute approximate surface area is 179 Å². The fourth-order valence-corrected chi connectivity index (χ4v) is 3.75. The number of piperidine rings is 1. The third-order valence-electron chi connectivity index (χ3n) is 5.59. The normalized spacial score (nSPS) is 15.3. The molecule has 5 nitrogen and oxygen atoms in total. The van der Waals surface area contributed by atoms with Gasteiger partial charge in [0.2, 0.25) is 0 Å². The minimum atomic E-state index is -0.269. The van der Waals surface area contributed by atoms with E-state index in [9.17, 15) is 9.18 Å². The predicted octanol–water partition coefficient (Wildman–Crippen LogP) is 3.56. The lowest BCUT2D eigenvalue weighted by atomic mass is 10.0. The van der Waals surface area contributed by atoms with Crippen molar-refractivity contribution in [2.45, 2.75) is 32.0 Å². The van der Waals surface area contributed by atoms with Crippen molar-refractivity contribution in [2.75, 3.05) is 40.3 Å². The molecule has 0 bridgehead atoms. The van der Waals surface area contributed by atoms with E-state index < -0.39 is 0 Å². The Bertz CT molecular complexity index is 791. The smallest absolute Gasteiger partial charge is 0.317 e. The van der Waals surface area contributed by atoms with E-state index in [1.54, 1.807) is 17.0 Å². The monoisotopic (exact) mass is 412 g/mol. The highest BCUT2D eigenvalue weighted by molar-refractivity contribution is 5.74. The van der Waals surface area contributed by atoms with Crippen molar-refractivity contribution in [1.29, 1.82) is 0 Å². The predicted molar refractivity (Wildman–Crippen MR) is 119 cm³/mol. The Morgan fingerprint density at radius 2 is 1.70 bits per heavy atom. The zero-order valence-corrected chi connectivity index (χ0v) is 18.1. The number of rotatable bonds is 8. The van der Waals surface area contributed by atoms with Crippen LogP contribution in [0.3, 0.4) is 0 Å². The summed E-state index contributed by atoms with van der Waals surface area (Å²) in [5, 5.41) is 3.19. The van der Waals surface area contributed by atoms with Gasteiger partial charge in [-0.25, -0.2) is 9.18 Å². The van der Waals surface area contributed by atoms with Gasteiger partial charge >= 0.3 is 6.03 Å². The Morgan fingerprint density at radius 3 is 2.37 bits per heavy atom. The standard InChI is InChI=1S/C24H33FN4O/c1-27(2)16-17-29(19-21-10-6-7-11-23(21)25)24(30)26-22-12-14-28(15-13-22)18-20-8-4-3-5-9-20/h3-11,22H,12-19H2,1-2H3,(H,26,30). The van der Waals surface area contributed by atoms with E-state index in [0.717, 1.165) is 39.0 Å². The van der Waals surface area contributed by atoms with Crippen LogP contribution in [-0.2, 0) is 13.1 Å². The van der Waals surface area contributed by atoms with Gasteiger partial charge in [-0.15, -0.1) is 0 Å². The number of nitrogens with one attached hydrogen (secondary N) is 1. The van der Waals surface area contributed by atoms with E-state index in [2.05, 4.69) is 34.5 Å². The quantitative estimate of drug-likeness (QED) is 0.721. The van der Waals surface area contributed by atoms with Crippen molar-refractivity contribution in [2.24, 2.45) is 0 Å². The number of carbonyl (C=O) groups excluding carboxylic acids is 1. The summed E-state index contributed by atoms with van der Waals surface area (Å²) in [4.78, 5) is 19.2. The number of hydrogen-bond acceptors (Lipinski definition) is 3. The van der Waals surface area contributed by atoms with Gasteiger partial charge in [-0.05, 0) is 38.6 Å². The number of hydrogen-bond donors (Lipinski definition) is 1. The number of benzene rings is 2. The second kappa shape index (κ2) is 11.1. The molecule has 162 valence electrons. The van der Waals surface area contributed by atoms with Gasteiger partial charge in [0.1, 0.15) is 5.82 Å². The van der Waals surface area contributed by atoms with Gasteiger partial charge in [0.25, 0.3) is 0 Å². The Morgan fingerprint density at radius 1 is 1.03 bits per heavy atom. The van der Waals surface area contributed by atoms with Crippen molar-refractivity contribution in [1.82, 2.24) is 20.0 Å². The van der Waals surface area contributed by atoms with E-state index in [-0.39, 0.29) is 24.4 Å². The third-order valence-corrected chi connectivity index (χ3v) is 5.59. The second-order valence-electron chi connectivity index (χ2n) is 8.30. The Kier molecular flexibility index (Phi) is 8.22. The van der Waals surface area contributed by atoms with Crippen LogP contribution in [0.5, 0.6) is 0 Å². The third kappa shape index (κ3) is 6.82. The first kappa shape index (κ1) is 22.2. The summed E-state index contributed by atoms with van der Waals surface area (Å²) in [5.74, 6) is -0.269. The Hall–Kier alpha value is -2.44. The van der Waals surface area contributed by atoms with E-state index in [0.29, 0.717) is 12.1 Å². The zero-order chi connectivity index (χ0) is 21.3. The maximum Gasteiger partial charge on any atom is 0.317 e. The number of halogens is 1. The van der Waals surface area contributed by atoms with Gasteiger partial charge < -0.3 is 15.1 Å². The van der Waals surface area contributed by atoms with Gasteiger partial charge in [0.15, 0.2) is 0 Å². The van der Waals surface area contributed by atoms with Crippen LogP contribution in [0.15, 0.2) is 54.6 Å². The molecule has 2 aromatic rings. The van der Waals surface area contributed by atoms with Crippen molar-refractivity contribution < 1.29 is 9.18 Å². The molecular formula is C24H33FN4O. The van der Waals surface area contributed by atoms with Crippen molar-refractivity contribution in [3.63, 3.8) is 0 Å². The summed E-state index contributed by atoms with van der Waals surface area (Å²) in [6, 6.07) is 17.2. The van der Waals surface area contributed by atoms with Crippen LogP contribution >= 0.6 is 0 Å². The molecule has 1 N–H and O–H groups in total. The molecule has 30 heavy (non-hydrogen) atoms. The molecule has 1 aliphatic rings. The average Bonchev–Trinajstić information content (AvgIpc) is 2.74. The van der Waals surface area contributed by atoms with E-state index in [1.165, 1.54) is 11.6 Å². The Balaban J connectivity index is 1.53. The summed E-state index contributed by atoms with van der Waals surface area (Å²) in [5.41, 5.74) is 1.86. The molecule has 0 unspecified atom stereocenters. The number of carbonyl (C=O) groups is 1. The van der Waals surface area contributed by atoms with Crippen LogP contribution in [0, 0.1) is 5.82 Å². The zero-order valence-electron chi connectivity index (χ0n) is 18.1. The molecule has 1 saturated heterocycles. The summed E-state index contributed by atoms with van der Waals surface area (Å²) in [6.07, 6.45) is 1.86. The molecule has 0 aliphatic carbocycles. The minimum absolute atomic E-state index is 0.110. The topological polar surface area (TPSA) is 38.8 Å². The molecule has 0 saturated carbocycles. The van der Waals surface area contributed by atoms with Crippen LogP contribution in [0.25, 0.3) is 0 Å². The molecule has 0 radical (unpaired) electrons. The average molecular weight is 413 g/mol. The molecule has 6 heteroatoms. The van der Waals surface area contributed by atoms with Gasteiger partial charge in [-0.1, -0.05) is 48.5 Å². The van der Waals surface area contributed by atoms with Crippen LogP contribution in [-0.4, -0.2) is 67.0 Å². The highest BCUT2D eigenvalue weighted by Crippen LogP contribution is 2.15. The SMILES string of the molecule is CN(C)CCN(Cc1ccccc1F)C(=O)NC1CCN(Cc2ccccc2)CC1. The number of amides is 2. The van der Waals surface area contributed by atoms with Gasteiger partial charge in [0.05, 0.1) is 6.54 Å². The van der Waals surface area contributed by atoms with Crippen molar-refractivity contribution >= 4 is 6.03 Å². The number of nitrogens with zero attached hydrogens (tertiary/aromatic N) is 3. The molecule has 1 aliphatic heterocycles. The van der Waals surface area contributed by atoms with Gasteiger partial charge in [0, 0.05) is 44.3 Å². The molecule has 1 heterocycles. The molecule has 2 amide bonds. The first-order valence-electron chi connectivity index (χ1n) is 10.7. The lowest BCUT2D eigenvalue weighted by Crippen LogP contribution is -2.50. The van der Waals surface area contributed by atoms with Crippen LogP contribution < -0.4 is 5.32 Å². The van der Waals surface area contributed by atoms with Gasteiger partial charge in [-0.2, -0.15) is 0 Å². The largest absolute Gasteiger partial charge is 0.335 e. The molecule has 1 fully saturated rings. The molecular weight excluding hydrogens is 379 g/mol. The second-order valence-corrected chi connectivity index (χ2v) is 8.30. The highest BCUT2D eigenvalue weighted by Gasteiger charge is 2.23. The maximum atomic E-state index is 14.1. The van der Waals surface area contributed by atoms with E-state index in [1.807, 2.05) is 31.1 Å². The minimum Gasteiger partial charge on any atom is -0.335 e. The van der Waals surface area contributed by atoms with E-state index >= 15 is 0 Å². The molecule has 3 rings (SSSR count). The van der Waals surface area contributed by atoms with E-state index in [4.69, 9.17) is 0 Å². The maximum absolute atomic E-state index is 14.1. The summed E-state index contributed by atoms with van der Waals surface area (Å²) in [6.45, 7) is 4.44. The van der Waals surface area contributed by atoms with Crippen LogP contribution in [0.1, 0.15) is 24.0 Å². The summed E-state index contributed by atoms with van der Waals surface area (Å²) >= 11 is 0. The fourth-order valence-electron chi connectivity index (χ4n) is 3.75. The van der Waals surface area contributed by atoms with Crippen molar-refractivity contribution in [3.05, 3.63) is 71.5 Å². The molecule has 0 aromatic heterocycles. The summed E-state index contributed by atoms with van der Waals surface area (Å²) in [7, 11) is 3.95. The van der Waals surface area contributed by atoms with Gasteiger partial charge in [-0.3, -0.25) is 4.90 Å². The molecule has 0 atom stereocenters. The highest BCUT2D eigenvalue weighted by atomic mass is 19.1.